The van der Waals surface area contributed by atoms with E-state index in [1.165, 1.54) is 25.3 Å². The lowest BCUT2D eigenvalue weighted by Gasteiger charge is -2.07. The van der Waals surface area contributed by atoms with Crippen molar-refractivity contribution in [3.8, 4) is 17.2 Å². The van der Waals surface area contributed by atoms with E-state index < -0.39 is 0 Å². The van der Waals surface area contributed by atoms with Crippen molar-refractivity contribution in [1.29, 1.82) is 0 Å². The van der Waals surface area contributed by atoms with Crippen LogP contribution in [0.5, 0.6) is 17.2 Å². The third-order valence-electron chi connectivity index (χ3n) is 4.22. The molecule has 0 atom stereocenters. The number of ketones is 1. The minimum atomic E-state index is -0.268. The number of ether oxygens (including phenoxy) is 1. The standard InChI is InChI=1S/C21H24O6/c1-27-21-11-15(5-9-20(21)26)3-7-18(24)12-17(23)6-2-14-4-8-19(25)16(10-14)13-22/h4-5,8-12,22,24-26H,2-3,6-7,13H2,1H3/b18-12-. The molecule has 6 nitrogen and oxygen atoms in total. The van der Waals surface area contributed by atoms with Crippen molar-refractivity contribution in [1.82, 2.24) is 0 Å². The fourth-order valence-electron chi connectivity index (χ4n) is 2.67. The van der Waals surface area contributed by atoms with Gasteiger partial charge < -0.3 is 25.2 Å². The number of benzene rings is 2. The third-order valence-corrected chi connectivity index (χ3v) is 4.22. The molecule has 0 heterocycles. The number of methoxy groups -OCH3 is 1. The van der Waals surface area contributed by atoms with Crippen LogP contribution in [-0.4, -0.2) is 33.3 Å². The number of phenols is 2. The first-order valence-electron chi connectivity index (χ1n) is 8.62. The third kappa shape index (κ3) is 6.04. The summed E-state index contributed by atoms with van der Waals surface area (Å²) in [6, 6.07) is 9.79. The van der Waals surface area contributed by atoms with Crippen LogP contribution in [0.25, 0.3) is 0 Å². The molecule has 144 valence electrons. The number of aliphatic hydroxyl groups excluding tert-OH is 2. The monoisotopic (exact) mass is 372 g/mol. The number of carbonyl (C=O) groups is 1. The highest BCUT2D eigenvalue weighted by Crippen LogP contribution is 2.27. The molecule has 0 radical (unpaired) electrons. The van der Waals surface area contributed by atoms with Gasteiger partial charge in [0.1, 0.15) is 5.75 Å². The second kappa shape index (κ2) is 9.64. The average molecular weight is 372 g/mol. The van der Waals surface area contributed by atoms with E-state index in [-0.39, 0.29) is 36.1 Å². The number of rotatable bonds is 9. The van der Waals surface area contributed by atoms with Crippen LogP contribution in [0, 0.1) is 0 Å². The topological polar surface area (TPSA) is 107 Å². The fraction of sp³-hybridized carbons (Fsp3) is 0.286. The SMILES string of the molecule is COc1cc(CC/C(O)=C/C(=O)CCc2ccc(O)c(CO)c2)ccc1O. The molecule has 0 aliphatic rings. The molecular formula is C21H24O6. The zero-order valence-electron chi connectivity index (χ0n) is 15.2. The van der Waals surface area contributed by atoms with Gasteiger partial charge in [0.2, 0.25) is 0 Å². The van der Waals surface area contributed by atoms with E-state index in [2.05, 4.69) is 0 Å². The van der Waals surface area contributed by atoms with Gasteiger partial charge in [0.05, 0.1) is 19.5 Å². The van der Waals surface area contributed by atoms with Crippen LogP contribution in [0.2, 0.25) is 0 Å². The summed E-state index contributed by atoms with van der Waals surface area (Å²) in [7, 11) is 1.46. The molecule has 0 aromatic heterocycles. The molecule has 27 heavy (non-hydrogen) atoms. The number of phenolic OH excluding ortho intramolecular Hbond substituents is 1. The quantitative estimate of drug-likeness (QED) is 0.398. The predicted molar refractivity (Wildman–Crippen MR) is 101 cm³/mol. The van der Waals surface area contributed by atoms with Gasteiger partial charge in [-0.3, -0.25) is 4.79 Å². The summed E-state index contributed by atoms with van der Waals surface area (Å²) in [5.74, 6) is 0.233. The number of allylic oxidation sites excluding steroid dienone is 2. The fourth-order valence-corrected chi connectivity index (χ4v) is 2.67. The molecule has 0 saturated heterocycles. The summed E-state index contributed by atoms with van der Waals surface area (Å²) in [5.41, 5.74) is 2.12. The van der Waals surface area contributed by atoms with E-state index in [1.54, 1.807) is 24.3 Å². The number of carbonyl (C=O) groups excluding carboxylic acids is 1. The first-order chi connectivity index (χ1) is 12.9. The van der Waals surface area contributed by atoms with Crippen molar-refractivity contribution in [2.75, 3.05) is 7.11 Å². The number of hydrogen-bond donors (Lipinski definition) is 4. The summed E-state index contributed by atoms with van der Waals surface area (Å²) < 4.78 is 5.04. The summed E-state index contributed by atoms with van der Waals surface area (Å²) >= 11 is 0. The van der Waals surface area contributed by atoms with Crippen molar-refractivity contribution in [3.63, 3.8) is 0 Å². The minimum absolute atomic E-state index is 0.00575. The first-order valence-corrected chi connectivity index (χ1v) is 8.62. The van der Waals surface area contributed by atoms with Crippen LogP contribution >= 0.6 is 0 Å². The average Bonchev–Trinajstić information content (AvgIpc) is 2.66. The molecule has 0 fully saturated rings. The Morgan fingerprint density at radius 3 is 2.30 bits per heavy atom. The van der Waals surface area contributed by atoms with Crippen LogP contribution in [-0.2, 0) is 24.2 Å². The van der Waals surface area contributed by atoms with Crippen LogP contribution < -0.4 is 4.74 Å². The smallest absolute Gasteiger partial charge is 0.160 e. The van der Waals surface area contributed by atoms with Gasteiger partial charge in [-0.25, -0.2) is 0 Å². The Balaban J connectivity index is 1.87. The summed E-state index contributed by atoms with van der Waals surface area (Å²) in [5, 5.41) is 38.2. The van der Waals surface area contributed by atoms with Gasteiger partial charge in [-0.2, -0.15) is 0 Å². The molecular weight excluding hydrogens is 348 g/mol. The number of aromatic hydroxyl groups is 2. The highest BCUT2D eigenvalue weighted by molar-refractivity contribution is 5.90. The zero-order chi connectivity index (χ0) is 19.8. The highest BCUT2D eigenvalue weighted by Gasteiger charge is 2.07. The lowest BCUT2D eigenvalue weighted by molar-refractivity contribution is -0.114. The molecule has 2 aromatic rings. The first kappa shape index (κ1) is 20.3. The van der Waals surface area contributed by atoms with Gasteiger partial charge in [-0.05, 0) is 48.2 Å². The Morgan fingerprint density at radius 2 is 1.63 bits per heavy atom. The second-order valence-electron chi connectivity index (χ2n) is 6.23. The summed E-state index contributed by atoms with van der Waals surface area (Å²) in [4.78, 5) is 12.0. The van der Waals surface area contributed by atoms with Gasteiger partial charge >= 0.3 is 0 Å². The van der Waals surface area contributed by atoms with Crippen molar-refractivity contribution in [2.24, 2.45) is 0 Å². The van der Waals surface area contributed by atoms with Gasteiger partial charge in [-0.1, -0.05) is 12.1 Å². The van der Waals surface area contributed by atoms with Crippen LogP contribution in [0.3, 0.4) is 0 Å². The molecule has 0 spiro atoms. The summed E-state index contributed by atoms with van der Waals surface area (Å²) in [6.45, 7) is -0.268. The van der Waals surface area contributed by atoms with Gasteiger partial charge in [-0.15, -0.1) is 0 Å². The zero-order valence-corrected chi connectivity index (χ0v) is 15.2. The molecule has 0 unspecified atom stereocenters. The largest absolute Gasteiger partial charge is 0.512 e. The molecule has 0 amide bonds. The maximum atomic E-state index is 12.0. The van der Waals surface area contributed by atoms with E-state index >= 15 is 0 Å². The van der Waals surface area contributed by atoms with Gasteiger partial charge in [0.25, 0.3) is 0 Å². The van der Waals surface area contributed by atoms with Crippen molar-refractivity contribution < 1.29 is 30.0 Å². The van der Waals surface area contributed by atoms with Crippen molar-refractivity contribution in [2.45, 2.75) is 32.3 Å². The Hall–Kier alpha value is -2.99. The van der Waals surface area contributed by atoms with E-state index in [0.29, 0.717) is 30.6 Å². The van der Waals surface area contributed by atoms with E-state index in [1.807, 2.05) is 0 Å². The predicted octanol–water partition coefficient (Wildman–Crippen LogP) is 3.18. The lowest BCUT2D eigenvalue weighted by atomic mass is 10.0. The van der Waals surface area contributed by atoms with Gasteiger partial charge in [0.15, 0.2) is 17.3 Å². The number of aliphatic hydroxyl groups is 2. The maximum absolute atomic E-state index is 12.0. The molecule has 0 aliphatic carbocycles. The summed E-state index contributed by atoms with van der Waals surface area (Å²) in [6.07, 6.45) is 2.69. The molecule has 2 rings (SSSR count). The van der Waals surface area contributed by atoms with Crippen molar-refractivity contribution in [3.05, 3.63) is 64.9 Å². The van der Waals surface area contributed by atoms with Gasteiger partial charge in [0, 0.05) is 24.5 Å². The molecule has 4 N–H and O–H groups in total. The normalized spacial score (nSPS) is 11.4. The van der Waals surface area contributed by atoms with Crippen molar-refractivity contribution >= 4 is 5.78 Å². The Labute approximate surface area is 158 Å². The minimum Gasteiger partial charge on any atom is -0.512 e. The maximum Gasteiger partial charge on any atom is 0.160 e. The Kier molecular flexibility index (Phi) is 7.25. The molecule has 0 saturated carbocycles. The Bertz CT molecular complexity index is 825. The second-order valence-corrected chi connectivity index (χ2v) is 6.23. The molecule has 0 aliphatic heterocycles. The van der Waals surface area contributed by atoms with Crippen LogP contribution in [0.1, 0.15) is 29.5 Å². The highest BCUT2D eigenvalue weighted by atomic mass is 16.5. The molecule has 6 heteroatoms. The molecule has 0 bridgehead atoms. The molecule has 2 aromatic carbocycles. The van der Waals surface area contributed by atoms with E-state index in [9.17, 15) is 20.1 Å². The van der Waals surface area contributed by atoms with Crippen LogP contribution in [0.4, 0.5) is 0 Å². The Morgan fingerprint density at radius 1 is 1.00 bits per heavy atom. The van der Waals surface area contributed by atoms with E-state index in [4.69, 9.17) is 9.84 Å². The number of hydrogen-bond acceptors (Lipinski definition) is 6. The number of aryl methyl sites for hydroxylation is 2. The lowest BCUT2D eigenvalue weighted by Crippen LogP contribution is -2.00. The van der Waals surface area contributed by atoms with Crippen LogP contribution in [0.15, 0.2) is 48.2 Å². The van der Waals surface area contributed by atoms with E-state index in [0.717, 1.165) is 11.1 Å².